The van der Waals surface area contributed by atoms with Gasteiger partial charge < -0.3 is 10.1 Å². The van der Waals surface area contributed by atoms with Gasteiger partial charge in [0.1, 0.15) is 0 Å². The standard InChI is InChI=1S/C23H26N2O3S/c1-16(26)28-21(19-10-6-3-7-11-19)22(27)25-23(29)24-20-14-12-18(13-15-20)17-8-4-2-5-9-17/h3,6-7,10-15,17,21H,2,4-5,8-9H2,1H3,(H2,24,25,27,29). The smallest absolute Gasteiger partial charge is 0.303 e. The highest BCUT2D eigenvalue weighted by atomic mass is 32.1. The molecule has 0 bridgehead atoms. The molecule has 0 spiro atoms. The van der Waals surface area contributed by atoms with Crippen LogP contribution < -0.4 is 10.6 Å². The van der Waals surface area contributed by atoms with Crippen molar-refractivity contribution < 1.29 is 14.3 Å². The van der Waals surface area contributed by atoms with Crippen molar-refractivity contribution in [2.45, 2.75) is 51.0 Å². The molecule has 1 fully saturated rings. The highest BCUT2D eigenvalue weighted by Crippen LogP contribution is 2.33. The second-order valence-electron chi connectivity index (χ2n) is 7.30. The molecule has 5 nitrogen and oxygen atoms in total. The summed E-state index contributed by atoms with van der Waals surface area (Å²) in [5.74, 6) is -0.395. The third-order valence-electron chi connectivity index (χ3n) is 5.11. The maximum atomic E-state index is 12.6. The van der Waals surface area contributed by atoms with Gasteiger partial charge in [-0.2, -0.15) is 0 Å². The van der Waals surface area contributed by atoms with Gasteiger partial charge in [0.2, 0.25) is 6.10 Å². The lowest BCUT2D eigenvalue weighted by atomic mass is 9.84. The maximum Gasteiger partial charge on any atom is 0.303 e. The van der Waals surface area contributed by atoms with E-state index in [2.05, 4.69) is 22.8 Å². The van der Waals surface area contributed by atoms with Gasteiger partial charge in [0.25, 0.3) is 5.91 Å². The molecule has 1 saturated carbocycles. The van der Waals surface area contributed by atoms with E-state index in [0.717, 1.165) is 5.69 Å². The molecule has 1 aliphatic rings. The van der Waals surface area contributed by atoms with E-state index in [1.807, 2.05) is 18.2 Å². The summed E-state index contributed by atoms with van der Waals surface area (Å²) in [6.07, 6.45) is 5.37. The van der Waals surface area contributed by atoms with Gasteiger partial charge in [0.15, 0.2) is 5.11 Å². The highest BCUT2D eigenvalue weighted by molar-refractivity contribution is 7.80. The van der Waals surface area contributed by atoms with Crippen LogP contribution in [0.4, 0.5) is 5.69 Å². The Morgan fingerprint density at radius 3 is 2.28 bits per heavy atom. The second kappa shape index (κ2) is 10.2. The van der Waals surface area contributed by atoms with Crippen LogP contribution in [-0.2, 0) is 14.3 Å². The lowest BCUT2D eigenvalue weighted by molar-refractivity contribution is -0.153. The Labute approximate surface area is 176 Å². The molecular weight excluding hydrogens is 384 g/mol. The Bertz CT molecular complexity index is 846. The molecule has 29 heavy (non-hydrogen) atoms. The minimum Gasteiger partial charge on any atom is -0.447 e. The predicted octanol–water partition coefficient (Wildman–Crippen LogP) is 4.85. The van der Waals surface area contributed by atoms with Crippen LogP contribution in [0.25, 0.3) is 0 Å². The van der Waals surface area contributed by atoms with E-state index >= 15 is 0 Å². The molecule has 1 atom stereocenters. The molecule has 1 aliphatic carbocycles. The molecule has 0 saturated heterocycles. The van der Waals surface area contributed by atoms with Crippen molar-refractivity contribution in [1.82, 2.24) is 5.32 Å². The molecule has 0 heterocycles. The number of amides is 1. The molecule has 2 aromatic carbocycles. The number of rotatable bonds is 5. The number of nitrogens with one attached hydrogen (secondary N) is 2. The van der Waals surface area contributed by atoms with Crippen LogP contribution in [-0.4, -0.2) is 17.0 Å². The molecule has 2 aromatic rings. The van der Waals surface area contributed by atoms with E-state index in [1.54, 1.807) is 24.3 Å². The van der Waals surface area contributed by atoms with Crippen LogP contribution in [0, 0.1) is 0 Å². The van der Waals surface area contributed by atoms with Crippen molar-refractivity contribution in [1.29, 1.82) is 0 Å². The third kappa shape index (κ3) is 6.12. The van der Waals surface area contributed by atoms with Gasteiger partial charge in [-0.3, -0.25) is 14.9 Å². The summed E-state index contributed by atoms with van der Waals surface area (Å²) in [6.45, 7) is 1.27. The van der Waals surface area contributed by atoms with Crippen LogP contribution in [0.2, 0.25) is 0 Å². The molecule has 3 rings (SSSR count). The van der Waals surface area contributed by atoms with Crippen molar-refractivity contribution in [2.75, 3.05) is 5.32 Å². The summed E-state index contributed by atoms with van der Waals surface area (Å²) >= 11 is 5.27. The lowest BCUT2D eigenvalue weighted by Gasteiger charge is -2.22. The minimum atomic E-state index is -1.05. The Kier molecular flexibility index (Phi) is 7.36. The molecule has 2 N–H and O–H groups in total. The molecule has 0 aliphatic heterocycles. The molecule has 152 valence electrons. The Morgan fingerprint density at radius 1 is 1.00 bits per heavy atom. The van der Waals surface area contributed by atoms with E-state index in [-0.39, 0.29) is 5.11 Å². The zero-order valence-electron chi connectivity index (χ0n) is 16.5. The summed E-state index contributed by atoms with van der Waals surface area (Å²) in [5, 5.41) is 5.80. The van der Waals surface area contributed by atoms with E-state index < -0.39 is 18.0 Å². The average molecular weight is 411 g/mol. The Hall–Kier alpha value is -2.73. The van der Waals surface area contributed by atoms with Gasteiger partial charge in [-0.15, -0.1) is 0 Å². The van der Waals surface area contributed by atoms with Crippen molar-refractivity contribution in [3.8, 4) is 0 Å². The minimum absolute atomic E-state index is 0.161. The van der Waals surface area contributed by atoms with Gasteiger partial charge in [-0.1, -0.05) is 61.7 Å². The highest BCUT2D eigenvalue weighted by Gasteiger charge is 2.24. The van der Waals surface area contributed by atoms with E-state index in [4.69, 9.17) is 17.0 Å². The Morgan fingerprint density at radius 2 is 1.66 bits per heavy atom. The fourth-order valence-corrected chi connectivity index (χ4v) is 3.90. The normalized spacial score (nSPS) is 15.2. The van der Waals surface area contributed by atoms with Gasteiger partial charge in [0.05, 0.1) is 0 Å². The number of esters is 1. The zero-order chi connectivity index (χ0) is 20.6. The summed E-state index contributed by atoms with van der Waals surface area (Å²) < 4.78 is 5.19. The molecular formula is C23H26N2O3S. The quantitative estimate of drug-likeness (QED) is 0.545. The predicted molar refractivity (Wildman–Crippen MR) is 118 cm³/mol. The fourth-order valence-electron chi connectivity index (χ4n) is 3.68. The topological polar surface area (TPSA) is 67.4 Å². The van der Waals surface area contributed by atoms with Gasteiger partial charge in [0, 0.05) is 18.2 Å². The van der Waals surface area contributed by atoms with Crippen molar-refractivity contribution >= 4 is 34.9 Å². The largest absolute Gasteiger partial charge is 0.447 e. The first-order chi connectivity index (χ1) is 14.0. The SMILES string of the molecule is CC(=O)OC(C(=O)NC(=S)Nc1ccc(C2CCCCC2)cc1)c1ccccc1. The fraction of sp³-hybridized carbons (Fsp3) is 0.348. The van der Waals surface area contributed by atoms with Crippen LogP contribution in [0.3, 0.4) is 0 Å². The Balaban J connectivity index is 1.59. The molecule has 6 heteroatoms. The number of ether oxygens (including phenoxy) is 1. The molecule has 0 radical (unpaired) electrons. The van der Waals surface area contributed by atoms with E-state index in [9.17, 15) is 9.59 Å². The van der Waals surface area contributed by atoms with Crippen LogP contribution >= 0.6 is 12.2 Å². The number of carbonyl (C=O) groups is 2. The van der Waals surface area contributed by atoms with Gasteiger partial charge in [-0.25, -0.2) is 0 Å². The molecule has 1 amide bonds. The van der Waals surface area contributed by atoms with Crippen LogP contribution in [0.1, 0.15) is 62.2 Å². The maximum absolute atomic E-state index is 12.6. The van der Waals surface area contributed by atoms with E-state index in [1.165, 1.54) is 44.6 Å². The lowest BCUT2D eigenvalue weighted by Crippen LogP contribution is -2.38. The number of benzene rings is 2. The first-order valence-corrected chi connectivity index (χ1v) is 10.4. The van der Waals surface area contributed by atoms with Crippen molar-refractivity contribution in [3.63, 3.8) is 0 Å². The monoisotopic (exact) mass is 410 g/mol. The summed E-state index contributed by atoms with van der Waals surface area (Å²) in [6, 6.07) is 17.0. The second-order valence-corrected chi connectivity index (χ2v) is 7.71. The summed E-state index contributed by atoms with van der Waals surface area (Å²) in [4.78, 5) is 24.0. The van der Waals surface area contributed by atoms with Crippen LogP contribution in [0.5, 0.6) is 0 Å². The van der Waals surface area contributed by atoms with Gasteiger partial charge in [-0.05, 0) is 48.7 Å². The van der Waals surface area contributed by atoms with Gasteiger partial charge >= 0.3 is 5.97 Å². The molecule has 1 unspecified atom stereocenters. The van der Waals surface area contributed by atoms with Crippen molar-refractivity contribution in [3.05, 3.63) is 65.7 Å². The van der Waals surface area contributed by atoms with E-state index in [0.29, 0.717) is 11.5 Å². The number of hydrogen-bond acceptors (Lipinski definition) is 4. The summed E-state index contributed by atoms with van der Waals surface area (Å²) in [7, 11) is 0. The first-order valence-electron chi connectivity index (χ1n) is 9.97. The zero-order valence-corrected chi connectivity index (χ0v) is 17.3. The van der Waals surface area contributed by atoms with Crippen LogP contribution in [0.15, 0.2) is 54.6 Å². The number of anilines is 1. The number of carbonyl (C=O) groups excluding carboxylic acids is 2. The summed E-state index contributed by atoms with van der Waals surface area (Å²) in [5.41, 5.74) is 2.74. The van der Waals surface area contributed by atoms with Crippen molar-refractivity contribution in [2.24, 2.45) is 0 Å². The first kappa shape index (κ1) is 21.0. The third-order valence-corrected chi connectivity index (χ3v) is 5.31. The number of thiocarbonyl (C=S) groups is 1. The average Bonchev–Trinajstić information content (AvgIpc) is 2.73. The number of hydrogen-bond donors (Lipinski definition) is 2. The molecule has 0 aromatic heterocycles.